The van der Waals surface area contributed by atoms with Crippen LogP contribution in [0.25, 0.3) is 0 Å². The molecule has 6 N–H and O–H groups in total. The highest BCUT2D eigenvalue weighted by Gasteiger charge is 2.04. The summed E-state index contributed by atoms with van der Waals surface area (Å²) in [4.78, 5) is 25.4. The van der Waals surface area contributed by atoms with Crippen LogP contribution < -0.4 is 22.3 Å². The smallest absolute Gasteiger partial charge is 0.332 e. The van der Waals surface area contributed by atoms with Crippen LogP contribution in [0.3, 0.4) is 0 Å². The Morgan fingerprint density at radius 1 is 1.00 bits per heavy atom. The average molecular weight is 277 g/mol. The van der Waals surface area contributed by atoms with Crippen LogP contribution in [-0.4, -0.2) is 28.5 Å². The topological polar surface area (TPSA) is 148 Å². The van der Waals surface area contributed by atoms with Crippen molar-refractivity contribution in [2.75, 3.05) is 0 Å². The van der Waals surface area contributed by atoms with E-state index in [1.807, 2.05) is 0 Å². The maximum Gasteiger partial charge on any atom is 0.332 e. The third-order valence-electron chi connectivity index (χ3n) is 2.16. The molecule has 1 aromatic rings. The van der Waals surface area contributed by atoms with Crippen molar-refractivity contribution in [1.29, 1.82) is 0 Å². The average Bonchev–Trinajstić information content (AvgIpc) is 2.42. The van der Waals surface area contributed by atoms with Gasteiger partial charge >= 0.3 is 12.1 Å². The quantitative estimate of drug-likeness (QED) is 0.448. The Hall–Kier alpha value is -2.97. The minimum absolute atomic E-state index is 0.473. The Labute approximate surface area is 115 Å². The van der Waals surface area contributed by atoms with Crippen LogP contribution in [0.1, 0.15) is 25.2 Å². The van der Waals surface area contributed by atoms with Crippen molar-refractivity contribution in [2.24, 2.45) is 21.7 Å². The molecule has 4 amide bonds. The molecule has 0 radical (unpaired) electrons. The summed E-state index contributed by atoms with van der Waals surface area (Å²) >= 11 is 0. The van der Waals surface area contributed by atoms with E-state index >= 15 is 0 Å². The van der Waals surface area contributed by atoms with E-state index in [1.165, 1.54) is 0 Å². The molecule has 0 aromatic carbocycles. The van der Waals surface area contributed by atoms with Crippen LogP contribution >= 0.6 is 0 Å². The van der Waals surface area contributed by atoms with Crippen molar-refractivity contribution in [2.45, 2.75) is 13.8 Å². The lowest BCUT2D eigenvalue weighted by Crippen LogP contribution is -2.26. The van der Waals surface area contributed by atoms with Crippen molar-refractivity contribution in [1.82, 2.24) is 15.8 Å². The first-order valence-corrected chi connectivity index (χ1v) is 5.57. The predicted octanol–water partition coefficient (Wildman–Crippen LogP) is -0.134. The first-order chi connectivity index (χ1) is 9.40. The van der Waals surface area contributed by atoms with E-state index in [-0.39, 0.29) is 0 Å². The number of carbonyl (C=O) groups is 2. The van der Waals surface area contributed by atoms with Gasteiger partial charge in [0, 0.05) is 0 Å². The molecule has 0 saturated carbocycles. The zero-order chi connectivity index (χ0) is 15.1. The summed E-state index contributed by atoms with van der Waals surface area (Å²) in [6.07, 6.45) is 0. The van der Waals surface area contributed by atoms with E-state index in [4.69, 9.17) is 11.5 Å². The number of nitrogens with zero attached hydrogens (tertiary/aromatic N) is 3. The number of rotatable bonds is 4. The van der Waals surface area contributed by atoms with Crippen LogP contribution in [0.2, 0.25) is 0 Å². The summed E-state index contributed by atoms with van der Waals surface area (Å²) in [5, 5.41) is 7.54. The molecule has 1 rings (SSSR count). The maximum atomic E-state index is 10.6. The van der Waals surface area contributed by atoms with Gasteiger partial charge in [-0.1, -0.05) is 6.07 Å². The summed E-state index contributed by atoms with van der Waals surface area (Å²) < 4.78 is 0. The number of aromatic nitrogens is 1. The number of hydrogen-bond donors (Lipinski definition) is 4. The summed E-state index contributed by atoms with van der Waals surface area (Å²) in [6, 6.07) is 3.64. The second-order valence-electron chi connectivity index (χ2n) is 3.75. The van der Waals surface area contributed by atoms with Gasteiger partial charge in [-0.25, -0.2) is 25.4 Å². The largest absolute Gasteiger partial charge is 0.350 e. The molecule has 0 aliphatic heterocycles. The first kappa shape index (κ1) is 15.1. The molecule has 106 valence electrons. The van der Waals surface area contributed by atoms with Crippen LogP contribution in [0, 0.1) is 0 Å². The zero-order valence-corrected chi connectivity index (χ0v) is 11.0. The number of nitrogens with two attached hydrogens (primary N) is 2. The van der Waals surface area contributed by atoms with Crippen molar-refractivity contribution in [3.05, 3.63) is 29.6 Å². The summed E-state index contributed by atoms with van der Waals surface area (Å²) in [7, 11) is 0. The van der Waals surface area contributed by atoms with Gasteiger partial charge in [0.1, 0.15) is 0 Å². The number of urea groups is 2. The molecule has 9 nitrogen and oxygen atoms in total. The monoisotopic (exact) mass is 277 g/mol. The number of amides is 4. The van der Waals surface area contributed by atoms with Crippen LogP contribution in [0.5, 0.6) is 0 Å². The Kier molecular flexibility index (Phi) is 5.15. The Bertz CT molecular complexity index is 533. The molecule has 0 atom stereocenters. The highest BCUT2D eigenvalue weighted by atomic mass is 16.2. The molecule has 0 fully saturated rings. The molecule has 20 heavy (non-hydrogen) atoms. The lowest BCUT2D eigenvalue weighted by atomic mass is 10.2. The fourth-order valence-corrected chi connectivity index (χ4v) is 1.23. The maximum absolute atomic E-state index is 10.6. The predicted molar refractivity (Wildman–Crippen MR) is 74.1 cm³/mol. The van der Waals surface area contributed by atoms with E-state index in [9.17, 15) is 9.59 Å². The molecule has 0 aliphatic rings. The second-order valence-corrected chi connectivity index (χ2v) is 3.75. The third kappa shape index (κ3) is 4.72. The van der Waals surface area contributed by atoms with E-state index < -0.39 is 12.1 Å². The number of primary amides is 2. The molecule has 0 saturated heterocycles. The Balaban J connectivity index is 2.95. The highest BCUT2D eigenvalue weighted by Crippen LogP contribution is 2.02. The number of carbonyl (C=O) groups excluding carboxylic acids is 2. The van der Waals surface area contributed by atoms with Crippen LogP contribution in [-0.2, 0) is 0 Å². The summed E-state index contributed by atoms with van der Waals surface area (Å²) in [6.45, 7) is 3.33. The van der Waals surface area contributed by atoms with Gasteiger partial charge in [-0.3, -0.25) is 0 Å². The van der Waals surface area contributed by atoms with Crippen LogP contribution in [0.15, 0.2) is 28.4 Å². The van der Waals surface area contributed by atoms with E-state index in [2.05, 4.69) is 26.0 Å². The molecule has 0 bridgehead atoms. The highest BCUT2D eigenvalue weighted by molar-refractivity contribution is 6.01. The van der Waals surface area contributed by atoms with E-state index in [0.717, 1.165) is 0 Å². The molecule has 0 aliphatic carbocycles. The SMILES string of the molecule is CC(=NNC(N)=O)c1cccc(C(C)=NNC(N)=O)n1. The molecule has 1 aromatic heterocycles. The summed E-state index contributed by atoms with van der Waals surface area (Å²) in [5.41, 5.74) is 16.1. The third-order valence-corrected chi connectivity index (χ3v) is 2.16. The van der Waals surface area contributed by atoms with Gasteiger partial charge in [0.15, 0.2) is 0 Å². The molecule has 0 spiro atoms. The Morgan fingerprint density at radius 3 is 1.75 bits per heavy atom. The normalized spacial score (nSPS) is 11.9. The molecular weight excluding hydrogens is 262 g/mol. The first-order valence-electron chi connectivity index (χ1n) is 5.57. The number of nitrogens with one attached hydrogen (secondary N) is 2. The van der Waals surface area contributed by atoms with Gasteiger partial charge in [0.25, 0.3) is 0 Å². The minimum atomic E-state index is -0.760. The molecular formula is C11H15N7O2. The number of hydrogen-bond acceptors (Lipinski definition) is 5. The lowest BCUT2D eigenvalue weighted by Gasteiger charge is -2.04. The van der Waals surface area contributed by atoms with Crippen LogP contribution in [0.4, 0.5) is 9.59 Å². The zero-order valence-electron chi connectivity index (χ0n) is 11.0. The van der Waals surface area contributed by atoms with Gasteiger partial charge in [0.05, 0.1) is 22.8 Å². The van der Waals surface area contributed by atoms with Gasteiger partial charge in [0.2, 0.25) is 0 Å². The van der Waals surface area contributed by atoms with E-state index in [1.54, 1.807) is 32.0 Å². The molecule has 0 unspecified atom stereocenters. The van der Waals surface area contributed by atoms with Crippen molar-refractivity contribution >= 4 is 23.5 Å². The fourth-order valence-electron chi connectivity index (χ4n) is 1.23. The van der Waals surface area contributed by atoms with Gasteiger partial charge in [-0.05, 0) is 26.0 Å². The number of hydrazone groups is 2. The van der Waals surface area contributed by atoms with Crippen molar-refractivity contribution < 1.29 is 9.59 Å². The lowest BCUT2D eigenvalue weighted by molar-refractivity contribution is 0.248. The molecule has 1 heterocycles. The number of pyridine rings is 1. The molecule has 9 heteroatoms. The van der Waals surface area contributed by atoms with Gasteiger partial charge in [-0.15, -0.1) is 0 Å². The van der Waals surface area contributed by atoms with Crippen molar-refractivity contribution in [3.8, 4) is 0 Å². The fraction of sp³-hybridized carbons (Fsp3) is 0.182. The van der Waals surface area contributed by atoms with E-state index in [0.29, 0.717) is 22.8 Å². The summed E-state index contributed by atoms with van der Waals surface area (Å²) in [5.74, 6) is 0. The van der Waals surface area contributed by atoms with Gasteiger partial charge < -0.3 is 11.5 Å². The second kappa shape index (κ2) is 6.83. The standard InChI is InChI=1S/C11H15N7O2/c1-6(15-17-10(12)19)8-4-3-5-9(14-8)7(2)16-18-11(13)20/h3-5H,1-2H3,(H3,12,17,19)(H3,13,18,20). The Morgan fingerprint density at radius 2 is 1.40 bits per heavy atom. The van der Waals surface area contributed by atoms with Crippen molar-refractivity contribution in [3.63, 3.8) is 0 Å². The minimum Gasteiger partial charge on any atom is -0.350 e. The van der Waals surface area contributed by atoms with Gasteiger partial charge in [-0.2, -0.15) is 10.2 Å².